The molecule has 0 aromatic carbocycles. The van der Waals surface area contributed by atoms with E-state index in [0.29, 0.717) is 11.8 Å². The van der Waals surface area contributed by atoms with Crippen LogP contribution in [0.1, 0.15) is 60.3 Å². The molecule has 0 heterocycles. The monoisotopic (exact) mass is 539 g/mol. The topological polar surface area (TPSA) is 180 Å². The van der Waals surface area contributed by atoms with Gasteiger partial charge in [-0.05, 0) is 49.9 Å². The van der Waals surface area contributed by atoms with Crippen LogP contribution in [0.5, 0.6) is 0 Å². The number of esters is 1. The second-order valence-electron chi connectivity index (χ2n) is 10.4. The molecule has 0 amide bonds. The zero-order valence-corrected chi connectivity index (χ0v) is 22.1. The van der Waals surface area contributed by atoms with Gasteiger partial charge in [-0.25, -0.2) is 9.18 Å². The number of hydrogen-bond acceptors (Lipinski definition) is 9. The van der Waals surface area contributed by atoms with Gasteiger partial charge in [-0.2, -0.15) is 8.42 Å². The van der Waals surface area contributed by atoms with Gasteiger partial charge in [0.25, 0.3) is 10.1 Å². The number of hydrogen-bond donors (Lipinski definition) is 3. The van der Waals surface area contributed by atoms with Crippen LogP contribution in [0.2, 0.25) is 0 Å². The molecule has 13 heteroatoms. The Morgan fingerprint density at radius 2 is 1.72 bits per heavy atom. The molecule has 0 radical (unpaired) electrons. The molecule has 208 valence electrons. The van der Waals surface area contributed by atoms with Gasteiger partial charge in [0, 0.05) is 12.8 Å². The lowest BCUT2D eigenvalue weighted by atomic mass is 9.75. The van der Waals surface area contributed by atoms with E-state index in [2.05, 4.69) is 20.8 Å². The lowest BCUT2D eigenvalue weighted by Gasteiger charge is -2.36. The largest absolute Gasteiger partial charge is 0.511 e. The second kappa shape index (κ2) is 11.6. The maximum Gasteiger partial charge on any atom is 0.511 e. The molecule has 3 saturated carbocycles. The number of alkyl halides is 1. The summed E-state index contributed by atoms with van der Waals surface area (Å²) < 4.78 is 56.6. The Bertz CT molecular complexity index is 928. The van der Waals surface area contributed by atoms with Crippen LogP contribution in [-0.2, 0) is 33.9 Å². The molecular weight excluding hydrogens is 501 g/mol. The molecule has 0 spiro atoms. The van der Waals surface area contributed by atoms with Crippen LogP contribution in [0, 0.1) is 35.5 Å². The summed E-state index contributed by atoms with van der Waals surface area (Å²) in [5.74, 6) is -3.42. The third-order valence-electron chi connectivity index (χ3n) is 7.48. The molecular formula is C23H38FNO10S. The van der Waals surface area contributed by atoms with E-state index in [1.165, 1.54) is 13.8 Å². The zero-order chi connectivity index (χ0) is 27.6. The van der Waals surface area contributed by atoms with Gasteiger partial charge < -0.3 is 25.1 Å². The highest BCUT2D eigenvalue weighted by Gasteiger charge is 2.75. The highest BCUT2D eigenvalue weighted by Crippen LogP contribution is 2.62. The number of halogens is 1. The maximum atomic E-state index is 14.0. The molecule has 0 unspecified atom stereocenters. The molecule has 0 bridgehead atoms. The molecule has 0 aromatic rings. The minimum absolute atomic E-state index is 0.0963. The normalized spacial score (nSPS) is 36.1. The number of carboxylic acids is 1. The maximum absolute atomic E-state index is 14.0. The van der Waals surface area contributed by atoms with E-state index in [0.717, 1.165) is 19.3 Å². The van der Waals surface area contributed by atoms with Crippen molar-refractivity contribution in [2.45, 2.75) is 84.4 Å². The van der Waals surface area contributed by atoms with Crippen molar-refractivity contribution in [1.29, 1.82) is 0 Å². The van der Waals surface area contributed by atoms with Gasteiger partial charge in [0.15, 0.2) is 0 Å². The van der Waals surface area contributed by atoms with Crippen molar-refractivity contribution in [3.8, 4) is 0 Å². The van der Waals surface area contributed by atoms with Crippen molar-refractivity contribution in [3.63, 3.8) is 0 Å². The van der Waals surface area contributed by atoms with Crippen LogP contribution in [0.15, 0.2) is 0 Å². The summed E-state index contributed by atoms with van der Waals surface area (Å²) >= 11 is 0. The van der Waals surface area contributed by atoms with Crippen LogP contribution in [0.3, 0.4) is 0 Å². The number of ether oxygens (including phenoxy) is 3. The molecule has 3 rings (SSSR count). The van der Waals surface area contributed by atoms with E-state index in [4.69, 9.17) is 24.5 Å². The van der Waals surface area contributed by atoms with Crippen LogP contribution in [0.4, 0.5) is 9.18 Å². The van der Waals surface area contributed by atoms with Crippen molar-refractivity contribution in [3.05, 3.63) is 0 Å². The average molecular weight is 540 g/mol. The first kappa shape index (κ1) is 30.2. The molecule has 3 fully saturated rings. The molecule has 3 aliphatic rings. The van der Waals surface area contributed by atoms with Crippen molar-refractivity contribution >= 4 is 28.2 Å². The summed E-state index contributed by atoms with van der Waals surface area (Å²) in [6.45, 7) is 9.05. The number of nitrogens with two attached hydrogens (primary N) is 1. The fraction of sp³-hybridized carbons (Fsp3) is 0.870. The molecule has 3 aliphatic carbocycles. The van der Waals surface area contributed by atoms with E-state index in [1.54, 1.807) is 0 Å². The molecule has 9 atom stereocenters. The number of carbonyl (C=O) groups is 3. The smallest absolute Gasteiger partial charge is 0.480 e. The van der Waals surface area contributed by atoms with Gasteiger partial charge >= 0.3 is 18.1 Å². The van der Waals surface area contributed by atoms with Crippen molar-refractivity contribution in [2.24, 2.45) is 41.2 Å². The van der Waals surface area contributed by atoms with E-state index < -0.39 is 64.0 Å². The number of aliphatic carboxylic acids is 1. The highest BCUT2D eigenvalue weighted by molar-refractivity contribution is 7.85. The first-order valence-electron chi connectivity index (χ1n) is 12.2. The van der Waals surface area contributed by atoms with E-state index in [9.17, 15) is 32.3 Å². The summed E-state index contributed by atoms with van der Waals surface area (Å²) in [6.07, 6.45) is -1.33. The van der Waals surface area contributed by atoms with Crippen LogP contribution in [-0.4, -0.2) is 66.0 Å². The van der Waals surface area contributed by atoms with Gasteiger partial charge in [-0.1, -0.05) is 27.2 Å². The standard InChI is InChI=1S/C21H32FNO7.C2H6O3S/c1-9(2)12-6-5-10(3)7-14(12)30-20(27)29-11(4)28-18(24)16-13-8-15(22)21(23,17(13)16)19(25)26;1-2-6(3,4)5/h9-17H,5-8,23H2,1-4H3,(H,25,26);2H2,1H3,(H,3,4,5)/t10-,11+,12+,13+,14-,15+,16+,17+,21+;/m1./s1. The molecule has 36 heavy (non-hydrogen) atoms. The zero-order valence-electron chi connectivity index (χ0n) is 21.3. The molecule has 0 aliphatic heterocycles. The molecule has 0 aromatic heterocycles. The van der Waals surface area contributed by atoms with Gasteiger partial charge in [-0.3, -0.25) is 14.1 Å². The minimum Gasteiger partial charge on any atom is -0.480 e. The Balaban J connectivity index is 0.000000678. The Hall–Kier alpha value is -1.99. The quantitative estimate of drug-likeness (QED) is 0.246. The Kier molecular flexibility index (Phi) is 9.74. The molecule has 0 saturated heterocycles. The van der Waals surface area contributed by atoms with Crippen LogP contribution in [0.25, 0.3) is 0 Å². The number of carboxylic acid groups (broad SMARTS) is 1. The average Bonchev–Trinajstić information content (AvgIpc) is 3.39. The first-order chi connectivity index (χ1) is 16.5. The van der Waals surface area contributed by atoms with Gasteiger partial charge in [0.05, 0.1) is 11.7 Å². The highest BCUT2D eigenvalue weighted by atomic mass is 32.2. The lowest BCUT2D eigenvalue weighted by molar-refractivity contribution is -0.173. The first-order valence-corrected chi connectivity index (χ1v) is 13.8. The van der Waals surface area contributed by atoms with Crippen LogP contribution < -0.4 is 5.73 Å². The summed E-state index contributed by atoms with van der Waals surface area (Å²) in [7, 11) is -3.66. The Morgan fingerprint density at radius 1 is 1.14 bits per heavy atom. The molecule has 4 N–H and O–H groups in total. The summed E-state index contributed by atoms with van der Waals surface area (Å²) in [5, 5.41) is 9.27. The lowest BCUT2D eigenvalue weighted by Crippen LogP contribution is -2.56. The third-order valence-corrected chi connectivity index (χ3v) is 8.21. The van der Waals surface area contributed by atoms with Gasteiger partial charge in [0.2, 0.25) is 6.29 Å². The number of fused-ring (bicyclic) bond motifs is 1. The van der Waals surface area contributed by atoms with Crippen molar-refractivity contribution in [1.82, 2.24) is 0 Å². The van der Waals surface area contributed by atoms with Gasteiger partial charge in [0.1, 0.15) is 17.8 Å². The minimum atomic E-state index is -3.66. The molecule has 11 nitrogen and oxygen atoms in total. The predicted molar refractivity (Wildman–Crippen MR) is 125 cm³/mol. The van der Waals surface area contributed by atoms with E-state index >= 15 is 0 Å². The second-order valence-corrected chi connectivity index (χ2v) is 12.1. The summed E-state index contributed by atoms with van der Waals surface area (Å²) in [4.78, 5) is 36.0. The summed E-state index contributed by atoms with van der Waals surface area (Å²) in [6, 6.07) is 0. The van der Waals surface area contributed by atoms with E-state index in [1.807, 2.05) is 0 Å². The van der Waals surface area contributed by atoms with Crippen LogP contribution >= 0.6 is 0 Å². The SMILES string of the molecule is CC(C)[C@@H]1CC[C@@H](C)C[C@H]1OC(=O)O[C@@H](C)OC(=O)[C@H]1[C@@H]2C[C@H](F)[C@@](N)(C(=O)O)[C@@H]21.CCS(=O)(=O)O. The fourth-order valence-corrected chi connectivity index (χ4v) is 5.36. The number of rotatable bonds is 7. The number of carbonyl (C=O) groups excluding carboxylic acids is 2. The van der Waals surface area contributed by atoms with Crippen molar-refractivity contribution < 1.29 is 51.1 Å². The third kappa shape index (κ3) is 7.06. The fourth-order valence-electron chi connectivity index (χ4n) is 5.36. The Labute approximate surface area is 211 Å². The Morgan fingerprint density at radius 3 is 2.22 bits per heavy atom. The van der Waals surface area contributed by atoms with E-state index in [-0.39, 0.29) is 24.2 Å². The van der Waals surface area contributed by atoms with Gasteiger partial charge in [-0.15, -0.1) is 0 Å². The summed E-state index contributed by atoms with van der Waals surface area (Å²) in [5.41, 5.74) is 3.65. The predicted octanol–water partition coefficient (Wildman–Crippen LogP) is 2.77. The van der Waals surface area contributed by atoms with Crippen molar-refractivity contribution in [2.75, 3.05) is 5.75 Å².